The SMILES string of the molecule is CC[C@H](C)[C@H]1O[C@]2(C=C[C@@H]1C)C[C@@H]1C[C@@H](C/C=C(\C)[C@@H](O[C@H]3C[C@H](OC)[C@@H](O[C@H]4C[C@H](OC)/C(=N/S(=O)c5ccccc5)[C@H](C)O4)[C@H](C)O3)[C@@H](C)/C=C/C=C3\CO[C@@H]4[C@H](O[Si](C)(C)C(C)(C)C)C(C)=C[C@@H](C(=O)O1)[C@]34O)O2. The van der Waals surface area contributed by atoms with Gasteiger partial charge in [-0.05, 0) is 93.1 Å². The number of benzene rings is 1. The number of hydrogen-bond donors (Lipinski definition) is 1. The Morgan fingerprint density at radius 2 is 1.64 bits per heavy atom. The largest absolute Gasteiger partial charge is 0.462 e. The van der Waals surface area contributed by atoms with Crippen LogP contribution in [0.3, 0.4) is 0 Å². The van der Waals surface area contributed by atoms with Gasteiger partial charge < -0.3 is 56.9 Å². The van der Waals surface area contributed by atoms with Crippen LogP contribution in [0.5, 0.6) is 0 Å². The van der Waals surface area contributed by atoms with Gasteiger partial charge in [0.1, 0.15) is 35.9 Å². The average Bonchev–Trinajstić information content (AvgIpc) is 3.80. The van der Waals surface area contributed by atoms with Crippen LogP contribution < -0.4 is 0 Å². The lowest BCUT2D eigenvalue weighted by Crippen LogP contribution is -2.60. The van der Waals surface area contributed by atoms with E-state index in [4.69, 9.17) is 51.8 Å². The maximum Gasteiger partial charge on any atom is 0.316 e. The van der Waals surface area contributed by atoms with Gasteiger partial charge >= 0.3 is 5.97 Å². The van der Waals surface area contributed by atoms with Crippen molar-refractivity contribution in [2.45, 2.75) is 229 Å². The molecule has 7 aliphatic rings. The van der Waals surface area contributed by atoms with Crippen LogP contribution >= 0.6 is 0 Å². The normalized spacial score (nSPS) is 42.3. The third kappa shape index (κ3) is 13.0. The molecule has 20 atom stereocenters. The number of ether oxygens (including phenoxy) is 10. The fourth-order valence-corrected chi connectivity index (χ4v) is 14.1. The summed E-state index contributed by atoms with van der Waals surface area (Å²) in [5.74, 6) is -2.48. The first kappa shape index (κ1) is 60.1. The van der Waals surface area contributed by atoms with Gasteiger partial charge in [0, 0.05) is 51.7 Å². The summed E-state index contributed by atoms with van der Waals surface area (Å²) in [5.41, 5.74) is 1.17. The van der Waals surface area contributed by atoms with E-state index in [0.29, 0.717) is 48.3 Å². The molecular weight excluding hydrogens is 1020 g/mol. The van der Waals surface area contributed by atoms with Crippen LogP contribution in [0.15, 0.2) is 98.9 Å². The zero-order chi connectivity index (χ0) is 55.8. The van der Waals surface area contributed by atoms with Gasteiger partial charge in [0.15, 0.2) is 37.7 Å². The molecule has 2 bridgehead atoms. The molecule has 77 heavy (non-hydrogen) atoms. The number of fused-ring (bicyclic) bond motifs is 2. The number of esters is 1. The minimum absolute atomic E-state index is 0.0995. The Morgan fingerprint density at radius 1 is 0.909 bits per heavy atom. The molecule has 1 unspecified atom stereocenters. The Labute approximate surface area is 462 Å². The zero-order valence-corrected chi connectivity index (χ0v) is 50.1. The van der Waals surface area contributed by atoms with E-state index in [1.165, 1.54) is 0 Å². The molecule has 1 aromatic carbocycles. The number of aliphatic hydroxyl groups is 1. The van der Waals surface area contributed by atoms with Crippen molar-refractivity contribution >= 4 is 31.0 Å². The molecule has 0 radical (unpaired) electrons. The van der Waals surface area contributed by atoms with Crippen LogP contribution in [-0.4, -0.2) is 141 Å². The Bertz CT molecular complexity index is 2440. The molecule has 1 aliphatic carbocycles. The van der Waals surface area contributed by atoms with Gasteiger partial charge in [0.25, 0.3) is 0 Å². The molecule has 4 fully saturated rings. The number of allylic oxidation sites excluding steroid dienone is 2. The molecule has 1 aromatic rings. The Morgan fingerprint density at radius 3 is 2.32 bits per heavy atom. The van der Waals surface area contributed by atoms with Crippen LogP contribution in [0.25, 0.3) is 0 Å². The summed E-state index contributed by atoms with van der Waals surface area (Å²) in [7, 11) is -0.745. The van der Waals surface area contributed by atoms with Crippen LogP contribution in [0.4, 0.5) is 0 Å². The number of hydrogen-bond acceptors (Lipinski definition) is 14. The van der Waals surface area contributed by atoms with Crippen molar-refractivity contribution in [2.24, 2.45) is 28.1 Å². The van der Waals surface area contributed by atoms with Gasteiger partial charge in [-0.1, -0.05) is 110 Å². The molecule has 6 aliphatic heterocycles. The lowest BCUT2D eigenvalue weighted by atomic mass is 9.71. The smallest absolute Gasteiger partial charge is 0.316 e. The summed E-state index contributed by atoms with van der Waals surface area (Å²) in [6.45, 7) is 27.5. The number of methoxy groups -OCH3 is 2. The third-order valence-electron chi connectivity index (χ3n) is 17.7. The first-order chi connectivity index (χ1) is 36.4. The fourth-order valence-electron chi connectivity index (χ4n) is 11.9. The van der Waals surface area contributed by atoms with Gasteiger partial charge in [-0.2, -0.15) is 4.40 Å². The molecule has 0 amide bonds. The molecule has 0 saturated carbocycles. The average molecular weight is 1110 g/mol. The van der Waals surface area contributed by atoms with Gasteiger partial charge in [-0.3, -0.25) is 4.79 Å². The topological polar surface area (TPSA) is 168 Å². The predicted octanol–water partition coefficient (Wildman–Crippen LogP) is 10.2. The van der Waals surface area contributed by atoms with Gasteiger partial charge in [-0.25, -0.2) is 4.21 Å². The molecule has 15 nitrogen and oxygen atoms in total. The number of carbonyl (C=O) groups is 1. The van der Waals surface area contributed by atoms with E-state index in [0.717, 1.165) is 17.6 Å². The van der Waals surface area contributed by atoms with E-state index >= 15 is 0 Å². The zero-order valence-electron chi connectivity index (χ0n) is 48.3. The quantitative estimate of drug-likeness (QED) is 0.119. The van der Waals surface area contributed by atoms with Crippen molar-refractivity contribution < 1.29 is 65.9 Å². The van der Waals surface area contributed by atoms with Crippen LogP contribution in [-0.2, 0) is 67.6 Å². The van der Waals surface area contributed by atoms with Crippen molar-refractivity contribution in [3.05, 3.63) is 89.6 Å². The van der Waals surface area contributed by atoms with E-state index in [9.17, 15) is 14.1 Å². The highest BCUT2D eigenvalue weighted by Gasteiger charge is 2.62. The van der Waals surface area contributed by atoms with Crippen molar-refractivity contribution in [2.75, 3.05) is 20.8 Å². The second-order valence-corrected chi connectivity index (χ2v) is 30.2. The van der Waals surface area contributed by atoms with E-state index in [1.54, 1.807) is 26.4 Å². The highest BCUT2D eigenvalue weighted by molar-refractivity contribution is 7.83. The second-order valence-electron chi connectivity index (χ2n) is 24.3. The number of rotatable bonds is 12. The summed E-state index contributed by atoms with van der Waals surface area (Å²) in [5, 5.41) is 13.2. The molecular formula is C60H89NO14SSi. The number of nitrogens with zero attached hydrogens (tertiary/aromatic N) is 1. The van der Waals surface area contributed by atoms with Crippen molar-refractivity contribution in [1.82, 2.24) is 0 Å². The van der Waals surface area contributed by atoms with Crippen LogP contribution in [0.1, 0.15) is 115 Å². The summed E-state index contributed by atoms with van der Waals surface area (Å²) in [6, 6.07) is 9.10. The molecule has 17 heteroatoms. The second kappa shape index (κ2) is 24.6. The molecule has 1 spiro atoms. The van der Waals surface area contributed by atoms with Crippen LogP contribution in [0.2, 0.25) is 18.1 Å². The first-order valence-electron chi connectivity index (χ1n) is 28.1. The van der Waals surface area contributed by atoms with Gasteiger partial charge in [0.05, 0.1) is 59.9 Å². The summed E-state index contributed by atoms with van der Waals surface area (Å²) in [4.78, 5) is 15.5. The molecule has 6 heterocycles. The Balaban J connectivity index is 1.07. The predicted molar refractivity (Wildman–Crippen MR) is 298 cm³/mol. The highest BCUT2D eigenvalue weighted by atomic mass is 32.2. The minimum Gasteiger partial charge on any atom is -0.462 e. The summed E-state index contributed by atoms with van der Waals surface area (Å²) >= 11 is 0. The van der Waals surface area contributed by atoms with E-state index < -0.39 is 116 Å². The summed E-state index contributed by atoms with van der Waals surface area (Å²) in [6.07, 6.45) is 10.2. The lowest BCUT2D eigenvalue weighted by Gasteiger charge is -2.49. The minimum atomic E-state index is -2.39. The van der Waals surface area contributed by atoms with Crippen LogP contribution in [0, 0.1) is 23.7 Å². The number of carbonyl (C=O) groups excluding carboxylic acids is 1. The van der Waals surface area contributed by atoms with Gasteiger partial charge in [-0.15, -0.1) is 0 Å². The lowest BCUT2D eigenvalue weighted by molar-refractivity contribution is -0.302. The van der Waals surface area contributed by atoms with E-state index in [2.05, 4.69) is 91.1 Å². The van der Waals surface area contributed by atoms with E-state index in [-0.39, 0.29) is 35.5 Å². The Kier molecular flexibility index (Phi) is 19.2. The molecule has 428 valence electrons. The molecule has 4 saturated heterocycles. The monoisotopic (exact) mass is 1110 g/mol. The van der Waals surface area contributed by atoms with Crippen molar-refractivity contribution in [3.63, 3.8) is 0 Å². The fraction of sp³-hybridized carbons (Fsp3) is 0.700. The van der Waals surface area contributed by atoms with E-state index in [1.807, 2.05) is 63.3 Å². The highest BCUT2D eigenvalue weighted by Crippen LogP contribution is 2.50. The summed E-state index contributed by atoms with van der Waals surface area (Å²) < 4.78 is 90.9. The van der Waals surface area contributed by atoms with Crippen molar-refractivity contribution in [1.29, 1.82) is 0 Å². The van der Waals surface area contributed by atoms with Crippen molar-refractivity contribution in [3.8, 4) is 0 Å². The molecule has 8 rings (SSSR count). The first-order valence-corrected chi connectivity index (χ1v) is 32.1. The maximum absolute atomic E-state index is 14.9. The molecule has 0 aromatic heterocycles. The third-order valence-corrected chi connectivity index (χ3v) is 23.2. The maximum atomic E-state index is 14.9. The molecule has 1 N–H and O–H groups in total. The Hall–Kier alpha value is -3.01. The van der Waals surface area contributed by atoms with Gasteiger partial charge in [0.2, 0.25) is 0 Å². The standard InChI is InChI=1S/C60H89NO14SSi/c1-16-35(2)53-38(5)27-28-59(74-53)33-44-30-43(73-59)26-25-37(4)52(36(3)21-20-22-42-34-67-56-54(75-77(14,15)58(9,10)11)39(6)29-46(57(62)70-44)60(42,56)63)71-50-32-48(66-13)55(41(8)69-50)72-49-31-47(65-12)51(40(7)68-49)61-76(64)45-23-18-17-19-24-45/h17-25,27-29,35-36,38,40-41,43-44,46-50,52-56,63H,16,26,30-34H2,1-15H3/b21-20+,37-25+,42-22+,61-51+/t35-,36-,38-,40-,41-,43+,44-,46-,47-,48-,49-,50-,52-,53+,54+,55-,56+,59+,60+,76?/m0/s1.